The first-order valence-electron chi connectivity index (χ1n) is 6.57. The van der Waals surface area contributed by atoms with Gasteiger partial charge in [-0.1, -0.05) is 13.8 Å². The van der Waals surface area contributed by atoms with Crippen molar-refractivity contribution in [3.8, 4) is 0 Å². The zero-order valence-corrected chi connectivity index (χ0v) is 13.7. The summed E-state index contributed by atoms with van der Waals surface area (Å²) in [6.45, 7) is 6.32. The summed E-state index contributed by atoms with van der Waals surface area (Å²) in [5.74, 6) is 0. The first kappa shape index (κ1) is 15.7. The van der Waals surface area contributed by atoms with Crippen molar-refractivity contribution in [2.24, 2.45) is 7.05 Å². The Balaban J connectivity index is 2.82. The first-order valence-corrected chi connectivity index (χ1v) is 7.37. The minimum atomic E-state index is 0.460. The topological polar surface area (TPSA) is 33.1 Å². The molecule has 1 heterocycles. The maximum atomic E-state index is 4.55. The summed E-state index contributed by atoms with van der Waals surface area (Å²) in [6, 6.07) is 0.460. The molecule has 0 saturated heterocycles. The zero-order valence-electron chi connectivity index (χ0n) is 12.1. The van der Waals surface area contributed by atoms with Crippen LogP contribution in [0.3, 0.4) is 0 Å². The average molecular weight is 317 g/mol. The second-order valence-corrected chi connectivity index (χ2v) is 5.70. The molecule has 1 unspecified atom stereocenters. The monoisotopic (exact) mass is 316 g/mol. The van der Waals surface area contributed by atoms with Gasteiger partial charge in [-0.3, -0.25) is 4.68 Å². The van der Waals surface area contributed by atoms with Crippen LogP contribution < -0.4 is 5.32 Å². The van der Waals surface area contributed by atoms with Crippen molar-refractivity contribution in [3.63, 3.8) is 0 Å². The molecule has 0 amide bonds. The van der Waals surface area contributed by atoms with Crippen LogP contribution in [0.15, 0.2) is 4.47 Å². The summed E-state index contributed by atoms with van der Waals surface area (Å²) in [6.07, 6.45) is 1.96. The Morgan fingerprint density at radius 3 is 2.50 bits per heavy atom. The molecule has 5 heteroatoms. The van der Waals surface area contributed by atoms with Gasteiger partial charge < -0.3 is 10.2 Å². The van der Waals surface area contributed by atoms with Gasteiger partial charge in [0.15, 0.2) is 0 Å². The van der Waals surface area contributed by atoms with E-state index in [1.807, 2.05) is 11.7 Å². The van der Waals surface area contributed by atoms with Crippen LogP contribution in [0.25, 0.3) is 0 Å². The lowest BCUT2D eigenvalue weighted by Gasteiger charge is -2.22. The molecule has 0 aliphatic carbocycles. The summed E-state index contributed by atoms with van der Waals surface area (Å²) in [7, 11) is 6.25. The van der Waals surface area contributed by atoms with E-state index in [4.69, 9.17) is 0 Å². The number of hydrogen-bond donors (Lipinski definition) is 1. The van der Waals surface area contributed by atoms with Gasteiger partial charge in [0.05, 0.1) is 15.9 Å². The Labute approximate surface area is 119 Å². The maximum absolute atomic E-state index is 4.55. The van der Waals surface area contributed by atoms with E-state index in [0.717, 1.165) is 31.6 Å². The molecule has 0 saturated carbocycles. The molecular weight excluding hydrogens is 292 g/mol. The molecule has 0 fully saturated rings. The van der Waals surface area contributed by atoms with E-state index in [0.29, 0.717) is 6.04 Å². The third-order valence-electron chi connectivity index (χ3n) is 3.02. The third kappa shape index (κ3) is 4.07. The second-order valence-electron chi connectivity index (χ2n) is 4.91. The van der Waals surface area contributed by atoms with E-state index in [1.165, 1.54) is 10.2 Å². The second kappa shape index (κ2) is 7.26. The van der Waals surface area contributed by atoms with Gasteiger partial charge in [0.1, 0.15) is 0 Å². The molecule has 4 nitrogen and oxygen atoms in total. The third-order valence-corrected chi connectivity index (χ3v) is 3.94. The first-order chi connectivity index (χ1) is 8.49. The molecular formula is C13H25BrN4. The van der Waals surface area contributed by atoms with E-state index in [2.05, 4.69) is 59.2 Å². The summed E-state index contributed by atoms with van der Waals surface area (Å²) in [4.78, 5) is 2.22. The predicted molar refractivity (Wildman–Crippen MR) is 80.0 cm³/mol. The van der Waals surface area contributed by atoms with Gasteiger partial charge in [0.2, 0.25) is 0 Å². The highest BCUT2D eigenvalue weighted by Crippen LogP contribution is 2.22. The zero-order chi connectivity index (χ0) is 13.7. The minimum Gasteiger partial charge on any atom is -0.313 e. The van der Waals surface area contributed by atoms with Crippen molar-refractivity contribution in [1.29, 1.82) is 0 Å². The Hall–Kier alpha value is -0.390. The number of nitrogens with zero attached hydrogens (tertiary/aromatic N) is 3. The van der Waals surface area contributed by atoms with Gasteiger partial charge in [-0.2, -0.15) is 5.10 Å². The van der Waals surface area contributed by atoms with Crippen LogP contribution in [0, 0.1) is 0 Å². The number of hydrogen-bond acceptors (Lipinski definition) is 3. The van der Waals surface area contributed by atoms with Crippen LogP contribution in [0.4, 0.5) is 0 Å². The minimum absolute atomic E-state index is 0.460. The van der Waals surface area contributed by atoms with Crippen molar-refractivity contribution in [3.05, 3.63) is 15.9 Å². The van der Waals surface area contributed by atoms with Crippen molar-refractivity contribution in [2.45, 2.75) is 32.7 Å². The lowest BCUT2D eigenvalue weighted by atomic mass is 10.1. The summed E-state index contributed by atoms with van der Waals surface area (Å²) >= 11 is 3.68. The lowest BCUT2D eigenvalue weighted by Crippen LogP contribution is -2.40. The molecule has 1 aromatic rings. The lowest BCUT2D eigenvalue weighted by molar-refractivity contribution is 0.336. The highest BCUT2D eigenvalue weighted by molar-refractivity contribution is 9.10. The standard InChI is InChI=1S/C13H25BrN4/c1-6-11-13(14)12(18(5)16-11)8-10(15-7-2)9-17(3)4/h10,15H,6-9H2,1-5H3. The van der Waals surface area contributed by atoms with Gasteiger partial charge in [-0.25, -0.2) is 0 Å². The molecule has 1 N–H and O–H groups in total. The van der Waals surface area contributed by atoms with Crippen molar-refractivity contribution in [1.82, 2.24) is 20.0 Å². The van der Waals surface area contributed by atoms with Crippen LogP contribution in [0.5, 0.6) is 0 Å². The molecule has 1 rings (SSSR count). The van der Waals surface area contributed by atoms with Crippen molar-refractivity contribution < 1.29 is 0 Å². The van der Waals surface area contributed by atoms with Gasteiger partial charge in [0.25, 0.3) is 0 Å². The normalized spacial score (nSPS) is 13.3. The largest absolute Gasteiger partial charge is 0.313 e. The fourth-order valence-corrected chi connectivity index (χ4v) is 2.98. The molecule has 0 radical (unpaired) electrons. The van der Waals surface area contributed by atoms with Crippen LogP contribution >= 0.6 is 15.9 Å². The van der Waals surface area contributed by atoms with Crippen LogP contribution in [-0.4, -0.2) is 47.9 Å². The molecule has 1 aromatic heterocycles. The maximum Gasteiger partial charge on any atom is 0.0766 e. The summed E-state index contributed by atoms with van der Waals surface area (Å²) in [5.41, 5.74) is 2.42. The number of aromatic nitrogens is 2. The molecule has 1 atom stereocenters. The summed E-state index contributed by atoms with van der Waals surface area (Å²) in [5, 5.41) is 8.09. The van der Waals surface area contributed by atoms with E-state index < -0.39 is 0 Å². The number of nitrogens with one attached hydrogen (secondary N) is 1. The molecule has 0 aromatic carbocycles. The van der Waals surface area contributed by atoms with E-state index >= 15 is 0 Å². The highest BCUT2D eigenvalue weighted by atomic mass is 79.9. The predicted octanol–water partition coefficient (Wildman–Crippen LogP) is 1.83. The Bertz CT molecular complexity index is 373. The number of halogens is 1. The fourth-order valence-electron chi connectivity index (χ4n) is 2.21. The van der Waals surface area contributed by atoms with Gasteiger partial charge >= 0.3 is 0 Å². The van der Waals surface area contributed by atoms with E-state index in [-0.39, 0.29) is 0 Å². The molecule has 104 valence electrons. The van der Waals surface area contributed by atoms with Crippen molar-refractivity contribution >= 4 is 15.9 Å². The molecule has 18 heavy (non-hydrogen) atoms. The number of aryl methyl sites for hydroxylation is 2. The smallest absolute Gasteiger partial charge is 0.0766 e. The van der Waals surface area contributed by atoms with E-state index in [1.54, 1.807) is 0 Å². The van der Waals surface area contributed by atoms with Crippen LogP contribution in [0.2, 0.25) is 0 Å². The molecule has 0 bridgehead atoms. The van der Waals surface area contributed by atoms with Crippen molar-refractivity contribution in [2.75, 3.05) is 27.2 Å². The van der Waals surface area contributed by atoms with Gasteiger partial charge in [0, 0.05) is 26.1 Å². The van der Waals surface area contributed by atoms with E-state index in [9.17, 15) is 0 Å². The molecule has 0 aliphatic rings. The molecule has 0 aliphatic heterocycles. The van der Waals surface area contributed by atoms with Crippen LogP contribution in [-0.2, 0) is 19.9 Å². The highest BCUT2D eigenvalue weighted by Gasteiger charge is 2.17. The quantitative estimate of drug-likeness (QED) is 0.833. The van der Waals surface area contributed by atoms with Crippen LogP contribution in [0.1, 0.15) is 25.2 Å². The average Bonchev–Trinajstić information content (AvgIpc) is 2.56. The SMILES string of the molecule is CCNC(Cc1c(Br)c(CC)nn1C)CN(C)C. The Morgan fingerprint density at radius 1 is 1.39 bits per heavy atom. The summed E-state index contributed by atoms with van der Waals surface area (Å²) < 4.78 is 3.18. The molecule has 0 spiro atoms. The van der Waals surface area contributed by atoms with Gasteiger partial charge in [-0.05, 0) is 43.0 Å². The Morgan fingerprint density at radius 2 is 2.06 bits per heavy atom. The fraction of sp³-hybridized carbons (Fsp3) is 0.769. The van der Waals surface area contributed by atoms with Gasteiger partial charge in [-0.15, -0.1) is 0 Å². The number of rotatable bonds is 7. The Kier molecular flexibility index (Phi) is 6.32. The number of likely N-dealkylation sites (N-methyl/N-ethyl adjacent to an activating group) is 2.